The zero-order valence-corrected chi connectivity index (χ0v) is 10.2. The molecule has 0 bridgehead atoms. The first-order chi connectivity index (χ1) is 8.10. The Bertz CT molecular complexity index is 377. The Morgan fingerprint density at radius 2 is 2.06 bits per heavy atom. The number of carbonyl (C=O) groups is 2. The van der Waals surface area contributed by atoms with Gasteiger partial charge >= 0.3 is 0 Å². The highest BCUT2D eigenvalue weighted by Crippen LogP contribution is 2.33. The Morgan fingerprint density at radius 3 is 2.65 bits per heavy atom. The van der Waals surface area contributed by atoms with Gasteiger partial charge in [-0.3, -0.25) is 9.59 Å². The topological polar surface area (TPSA) is 49.4 Å². The Hall–Kier alpha value is -1.50. The molecule has 4 heteroatoms. The highest BCUT2D eigenvalue weighted by atomic mass is 16.2. The summed E-state index contributed by atoms with van der Waals surface area (Å²) in [4.78, 5) is 25.9. The van der Waals surface area contributed by atoms with E-state index < -0.39 is 11.6 Å². The average Bonchev–Trinajstić information content (AvgIpc) is 2.34. The molecule has 1 heterocycles. The lowest BCUT2D eigenvalue weighted by molar-refractivity contribution is -0.155. The van der Waals surface area contributed by atoms with Gasteiger partial charge in [-0.05, 0) is 19.8 Å². The lowest BCUT2D eigenvalue weighted by Gasteiger charge is -2.46. The standard InChI is InChI=1S/C13H18N2O2/c1-3-9-15-10(2)11(16)14-13(12(15)17)7-5-4-6-8-13/h1,10H,4-9H2,2H3,(H,14,16). The fourth-order valence-electron chi connectivity index (χ4n) is 2.79. The summed E-state index contributed by atoms with van der Waals surface area (Å²) < 4.78 is 0. The molecule has 92 valence electrons. The molecule has 0 radical (unpaired) electrons. The van der Waals surface area contributed by atoms with Gasteiger partial charge in [0.05, 0.1) is 6.54 Å². The van der Waals surface area contributed by atoms with Crippen LogP contribution in [-0.4, -0.2) is 34.8 Å². The molecular weight excluding hydrogens is 216 g/mol. The molecule has 2 aliphatic rings. The third-order valence-corrected chi connectivity index (χ3v) is 3.85. The van der Waals surface area contributed by atoms with Gasteiger partial charge in [-0.15, -0.1) is 6.42 Å². The number of nitrogens with zero attached hydrogens (tertiary/aromatic N) is 1. The average molecular weight is 234 g/mol. The maximum atomic E-state index is 12.5. The maximum absolute atomic E-state index is 12.5. The molecule has 4 nitrogen and oxygen atoms in total. The number of amides is 2. The maximum Gasteiger partial charge on any atom is 0.249 e. The first-order valence-electron chi connectivity index (χ1n) is 6.17. The second kappa shape index (κ2) is 4.40. The van der Waals surface area contributed by atoms with Crippen LogP contribution < -0.4 is 5.32 Å². The van der Waals surface area contributed by atoms with Crippen molar-refractivity contribution in [2.24, 2.45) is 0 Å². The van der Waals surface area contributed by atoms with Crippen molar-refractivity contribution in [2.45, 2.75) is 50.6 Å². The van der Waals surface area contributed by atoms with E-state index in [1.165, 1.54) is 4.90 Å². The SMILES string of the molecule is C#CCN1C(=O)C2(CCCCC2)NC(=O)C1C. The van der Waals surface area contributed by atoms with Gasteiger partial charge in [0, 0.05) is 0 Å². The van der Waals surface area contributed by atoms with Crippen molar-refractivity contribution < 1.29 is 9.59 Å². The lowest BCUT2D eigenvalue weighted by Crippen LogP contribution is -2.70. The van der Waals surface area contributed by atoms with Crippen molar-refractivity contribution in [3.63, 3.8) is 0 Å². The molecule has 1 atom stereocenters. The number of carbonyl (C=O) groups excluding carboxylic acids is 2. The first kappa shape index (κ1) is 12.0. The molecule has 2 fully saturated rings. The van der Waals surface area contributed by atoms with Crippen LogP contribution in [0.15, 0.2) is 0 Å². The Balaban J connectivity index is 2.27. The minimum Gasteiger partial charge on any atom is -0.340 e. The minimum atomic E-state index is -0.668. The highest BCUT2D eigenvalue weighted by Gasteiger charge is 2.49. The van der Waals surface area contributed by atoms with Gasteiger partial charge in [0.1, 0.15) is 11.6 Å². The van der Waals surface area contributed by atoms with Gasteiger partial charge in [-0.25, -0.2) is 0 Å². The highest BCUT2D eigenvalue weighted by molar-refractivity contribution is 5.99. The second-order valence-corrected chi connectivity index (χ2v) is 4.95. The Kier molecular flexibility index (Phi) is 3.10. The van der Waals surface area contributed by atoms with Crippen molar-refractivity contribution in [1.29, 1.82) is 0 Å². The van der Waals surface area contributed by atoms with Crippen LogP contribution in [0.3, 0.4) is 0 Å². The summed E-state index contributed by atoms with van der Waals surface area (Å²) in [5.41, 5.74) is -0.668. The van der Waals surface area contributed by atoms with E-state index >= 15 is 0 Å². The summed E-state index contributed by atoms with van der Waals surface area (Å²) in [5.74, 6) is 2.39. The van der Waals surface area contributed by atoms with Crippen molar-refractivity contribution in [3.8, 4) is 12.3 Å². The van der Waals surface area contributed by atoms with E-state index in [0.717, 1.165) is 32.1 Å². The molecule has 0 aromatic carbocycles. The summed E-state index contributed by atoms with van der Waals surface area (Å²) >= 11 is 0. The molecule has 17 heavy (non-hydrogen) atoms. The van der Waals surface area contributed by atoms with Crippen molar-refractivity contribution in [1.82, 2.24) is 10.2 Å². The fourth-order valence-corrected chi connectivity index (χ4v) is 2.79. The van der Waals surface area contributed by atoms with E-state index in [-0.39, 0.29) is 18.4 Å². The van der Waals surface area contributed by atoms with Crippen LogP contribution in [0.4, 0.5) is 0 Å². The summed E-state index contributed by atoms with van der Waals surface area (Å²) in [6.45, 7) is 1.94. The molecular formula is C13H18N2O2. The van der Waals surface area contributed by atoms with Crippen LogP contribution in [-0.2, 0) is 9.59 Å². The van der Waals surface area contributed by atoms with E-state index in [9.17, 15) is 9.59 Å². The van der Waals surface area contributed by atoms with Gasteiger partial charge in [0.15, 0.2) is 0 Å². The molecule has 2 rings (SSSR count). The Labute approximate surface area is 102 Å². The number of hydrogen-bond acceptors (Lipinski definition) is 2. The minimum absolute atomic E-state index is 0.00208. The molecule has 2 amide bonds. The van der Waals surface area contributed by atoms with Crippen LogP contribution in [0, 0.1) is 12.3 Å². The predicted molar refractivity (Wildman–Crippen MR) is 64.0 cm³/mol. The summed E-state index contributed by atoms with van der Waals surface area (Å²) in [7, 11) is 0. The summed E-state index contributed by atoms with van der Waals surface area (Å²) in [6, 6.07) is -0.453. The molecule has 1 saturated carbocycles. The quantitative estimate of drug-likeness (QED) is 0.678. The van der Waals surface area contributed by atoms with Crippen LogP contribution in [0.25, 0.3) is 0 Å². The number of terminal acetylenes is 1. The van der Waals surface area contributed by atoms with Crippen LogP contribution in [0.1, 0.15) is 39.0 Å². The number of piperazine rings is 1. The zero-order chi connectivity index (χ0) is 12.5. The molecule has 1 unspecified atom stereocenters. The molecule has 1 spiro atoms. The van der Waals surface area contributed by atoms with Gasteiger partial charge in [-0.1, -0.05) is 25.2 Å². The van der Waals surface area contributed by atoms with Crippen molar-refractivity contribution >= 4 is 11.8 Å². The molecule has 1 N–H and O–H groups in total. The molecule has 1 saturated heterocycles. The smallest absolute Gasteiger partial charge is 0.249 e. The van der Waals surface area contributed by atoms with E-state index in [2.05, 4.69) is 11.2 Å². The number of nitrogens with one attached hydrogen (secondary N) is 1. The second-order valence-electron chi connectivity index (χ2n) is 4.95. The van der Waals surface area contributed by atoms with Crippen molar-refractivity contribution in [3.05, 3.63) is 0 Å². The van der Waals surface area contributed by atoms with E-state index in [0.29, 0.717) is 0 Å². The van der Waals surface area contributed by atoms with Gasteiger partial charge < -0.3 is 10.2 Å². The Morgan fingerprint density at radius 1 is 1.41 bits per heavy atom. The van der Waals surface area contributed by atoms with Gasteiger partial charge in [-0.2, -0.15) is 0 Å². The zero-order valence-electron chi connectivity index (χ0n) is 10.2. The monoisotopic (exact) mass is 234 g/mol. The third kappa shape index (κ3) is 1.90. The largest absolute Gasteiger partial charge is 0.340 e. The van der Waals surface area contributed by atoms with Crippen LogP contribution in [0.5, 0.6) is 0 Å². The van der Waals surface area contributed by atoms with E-state index in [1.807, 2.05) is 0 Å². The van der Waals surface area contributed by atoms with Crippen LogP contribution in [0.2, 0.25) is 0 Å². The molecule has 0 aromatic rings. The molecule has 0 aromatic heterocycles. The third-order valence-electron chi connectivity index (χ3n) is 3.85. The van der Waals surface area contributed by atoms with Crippen LogP contribution >= 0.6 is 0 Å². The molecule has 1 aliphatic heterocycles. The van der Waals surface area contributed by atoms with E-state index in [1.54, 1.807) is 6.92 Å². The number of hydrogen-bond donors (Lipinski definition) is 1. The summed E-state index contributed by atoms with van der Waals surface area (Å²) in [6.07, 6.45) is 9.87. The lowest BCUT2D eigenvalue weighted by atomic mass is 9.78. The first-order valence-corrected chi connectivity index (χ1v) is 6.17. The fraction of sp³-hybridized carbons (Fsp3) is 0.692. The van der Waals surface area contributed by atoms with Gasteiger partial charge in [0.2, 0.25) is 11.8 Å². The molecule has 1 aliphatic carbocycles. The van der Waals surface area contributed by atoms with E-state index in [4.69, 9.17) is 6.42 Å². The summed E-state index contributed by atoms with van der Waals surface area (Å²) in [5, 5.41) is 2.92. The number of rotatable bonds is 1. The predicted octanol–water partition coefficient (Wildman–Crippen LogP) is 0.669. The van der Waals surface area contributed by atoms with Gasteiger partial charge in [0.25, 0.3) is 0 Å². The normalized spacial score (nSPS) is 27.8. The van der Waals surface area contributed by atoms with Crippen molar-refractivity contribution in [2.75, 3.05) is 6.54 Å².